The van der Waals surface area contributed by atoms with Gasteiger partial charge in [-0.3, -0.25) is 14.9 Å². The number of benzene rings is 1. The number of hydrogen-bond donors (Lipinski definition) is 0. The molecule has 0 N–H and O–H groups in total. The maximum atomic E-state index is 13.0. The Morgan fingerprint density at radius 2 is 1.89 bits per heavy atom. The van der Waals surface area contributed by atoms with Gasteiger partial charge in [-0.05, 0) is 22.4 Å². The van der Waals surface area contributed by atoms with Gasteiger partial charge in [-0.25, -0.2) is 0 Å². The number of amides is 1. The number of thiophene rings is 1. The molecule has 7 nitrogen and oxygen atoms in total. The number of carbonyl (C=O) groups excluding carboxylic acids is 1. The Morgan fingerprint density at radius 1 is 1.26 bits per heavy atom. The summed E-state index contributed by atoms with van der Waals surface area (Å²) in [6, 6.07) is 3.53. The van der Waals surface area contributed by atoms with E-state index in [1.807, 2.05) is 0 Å². The zero-order valence-electron chi connectivity index (χ0n) is 14.3. The second-order valence-corrected chi connectivity index (χ2v) is 6.17. The predicted molar refractivity (Wildman–Crippen MR) is 91.3 cm³/mol. The predicted octanol–water partition coefficient (Wildman–Crippen LogP) is 3.88. The third-order valence-corrected chi connectivity index (χ3v) is 4.27. The van der Waals surface area contributed by atoms with Crippen LogP contribution in [0.4, 0.5) is 18.9 Å². The van der Waals surface area contributed by atoms with Crippen LogP contribution in [-0.4, -0.2) is 42.7 Å². The lowest BCUT2D eigenvalue weighted by Crippen LogP contribution is -2.38. The molecule has 0 aliphatic rings. The lowest BCUT2D eigenvalue weighted by Gasteiger charge is -2.24. The highest BCUT2D eigenvalue weighted by Crippen LogP contribution is 2.35. The van der Waals surface area contributed by atoms with Crippen molar-refractivity contribution in [3.63, 3.8) is 0 Å². The summed E-state index contributed by atoms with van der Waals surface area (Å²) in [6.07, 6.45) is -4.67. The Kier molecular flexibility index (Phi) is 6.26. The molecule has 11 heteroatoms. The largest absolute Gasteiger partial charge is 0.493 e. The number of hydrogen-bond acceptors (Lipinski definition) is 6. The van der Waals surface area contributed by atoms with Crippen LogP contribution in [0.25, 0.3) is 0 Å². The van der Waals surface area contributed by atoms with E-state index in [9.17, 15) is 28.1 Å². The van der Waals surface area contributed by atoms with Gasteiger partial charge in [-0.2, -0.15) is 24.5 Å². The van der Waals surface area contributed by atoms with Gasteiger partial charge in [0.05, 0.1) is 25.2 Å². The number of nitro groups is 1. The van der Waals surface area contributed by atoms with Gasteiger partial charge in [0.25, 0.3) is 11.6 Å². The van der Waals surface area contributed by atoms with Crippen LogP contribution in [-0.2, 0) is 6.54 Å². The van der Waals surface area contributed by atoms with E-state index < -0.39 is 34.8 Å². The lowest BCUT2D eigenvalue weighted by molar-refractivity contribution is -0.385. The smallest absolute Gasteiger partial charge is 0.406 e. The van der Waals surface area contributed by atoms with Gasteiger partial charge in [-0.15, -0.1) is 0 Å². The average molecular weight is 404 g/mol. The van der Waals surface area contributed by atoms with Crippen LogP contribution < -0.4 is 9.47 Å². The highest BCUT2D eigenvalue weighted by atomic mass is 32.1. The maximum absolute atomic E-state index is 13.0. The second-order valence-electron chi connectivity index (χ2n) is 5.39. The molecule has 1 heterocycles. The Balaban J connectivity index is 2.50. The van der Waals surface area contributed by atoms with Gasteiger partial charge < -0.3 is 14.4 Å². The SMILES string of the molecule is COc1cc(C(=O)N(Cc2ccsc2)CC(F)(F)F)c([N+](=O)[O-])cc1OC. The van der Waals surface area contributed by atoms with Crippen molar-refractivity contribution in [2.45, 2.75) is 12.7 Å². The molecule has 0 fully saturated rings. The molecule has 0 spiro atoms. The highest BCUT2D eigenvalue weighted by molar-refractivity contribution is 7.07. The van der Waals surface area contributed by atoms with E-state index in [-0.39, 0.29) is 18.0 Å². The first-order valence-corrected chi connectivity index (χ1v) is 8.38. The summed E-state index contributed by atoms with van der Waals surface area (Å²) in [5.41, 5.74) is -0.701. The van der Waals surface area contributed by atoms with Crippen LogP contribution in [0.15, 0.2) is 29.0 Å². The molecule has 0 aliphatic heterocycles. The molecular weight excluding hydrogens is 389 g/mol. The fourth-order valence-corrected chi connectivity index (χ4v) is 3.04. The highest BCUT2D eigenvalue weighted by Gasteiger charge is 2.36. The fourth-order valence-electron chi connectivity index (χ4n) is 2.38. The molecular formula is C16H15F3N2O5S. The quantitative estimate of drug-likeness (QED) is 0.517. The Morgan fingerprint density at radius 3 is 2.37 bits per heavy atom. The standard InChI is InChI=1S/C16H15F3N2O5S/c1-25-13-5-11(12(21(23)24)6-14(13)26-2)15(22)20(9-16(17,18)19)7-10-3-4-27-8-10/h3-6,8H,7,9H2,1-2H3. The van der Waals surface area contributed by atoms with E-state index in [1.54, 1.807) is 16.8 Å². The van der Waals surface area contributed by atoms with E-state index in [0.29, 0.717) is 10.5 Å². The zero-order chi connectivity index (χ0) is 20.2. The maximum Gasteiger partial charge on any atom is 0.406 e. The zero-order valence-corrected chi connectivity index (χ0v) is 15.1. The normalized spacial score (nSPS) is 11.1. The van der Waals surface area contributed by atoms with Crippen molar-refractivity contribution in [3.05, 3.63) is 50.2 Å². The third-order valence-electron chi connectivity index (χ3n) is 3.54. The number of ether oxygens (including phenoxy) is 2. The molecule has 0 bridgehead atoms. The second kappa shape index (κ2) is 8.25. The summed E-state index contributed by atoms with van der Waals surface area (Å²) in [4.78, 5) is 23.8. The average Bonchev–Trinajstić information content (AvgIpc) is 3.11. The number of nitro benzene ring substituents is 1. The summed E-state index contributed by atoms with van der Waals surface area (Å²) < 4.78 is 48.9. The first kappa shape index (κ1) is 20.5. The van der Waals surface area contributed by atoms with Crippen LogP contribution in [0, 0.1) is 10.1 Å². The number of rotatable bonds is 7. The fraction of sp³-hybridized carbons (Fsp3) is 0.312. The molecule has 1 amide bonds. The summed E-state index contributed by atoms with van der Waals surface area (Å²) in [7, 11) is 2.49. The topological polar surface area (TPSA) is 81.9 Å². The molecule has 0 radical (unpaired) electrons. The number of alkyl halides is 3. The van der Waals surface area contributed by atoms with Crippen molar-refractivity contribution in [2.24, 2.45) is 0 Å². The Labute approximate surface area is 156 Å². The van der Waals surface area contributed by atoms with Gasteiger partial charge in [0.1, 0.15) is 12.1 Å². The summed E-state index contributed by atoms with van der Waals surface area (Å²) in [5, 5.41) is 14.6. The van der Waals surface area contributed by atoms with Crippen molar-refractivity contribution in [1.29, 1.82) is 0 Å². The number of methoxy groups -OCH3 is 2. The Bertz CT molecular complexity index is 824. The van der Waals surface area contributed by atoms with Crippen molar-refractivity contribution in [3.8, 4) is 11.5 Å². The molecule has 2 rings (SSSR count). The number of halogens is 3. The summed E-state index contributed by atoms with van der Waals surface area (Å²) in [6.45, 7) is -1.89. The van der Waals surface area contributed by atoms with Crippen molar-refractivity contribution >= 4 is 22.9 Å². The van der Waals surface area contributed by atoms with E-state index >= 15 is 0 Å². The van der Waals surface area contributed by atoms with E-state index in [1.165, 1.54) is 25.6 Å². The summed E-state index contributed by atoms with van der Waals surface area (Å²) >= 11 is 1.26. The minimum absolute atomic E-state index is 0.00561. The molecule has 1 aromatic heterocycles. The molecule has 1 aromatic carbocycles. The van der Waals surface area contributed by atoms with E-state index in [0.717, 1.165) is 12.1 Å². The molecule has 0 saturated heterocycles. The van der Waals surface area contributed by atoms with Gasteiger partial charge in [-0.1, -0.05) is 0 Å². The van der Waals surface area contributed by atoms with E-state index in [4.69, 9.17) is 9.47 Å². The third kappa shape index (κ3) is 5.09. The molecule has 0 saturated carbocycles. The minimum atomic E-state index is -4.67. The molecule has 146 valence electrons. The Hall–Kier alpha value is -2.82. The van der Waals surface area contributed by atoms with Gasteiger partial charge in [0.2, 0.25) is 0 Å². The molecule has 0 unspecified atom stereocenters. The minimum Gasteiger partial charge on any atom is -0.493 e. The molecule has 0 aliphatic carbocycles. The monoisotopic (exact) mass is 404 g/mol. The lowest BCUT2D eigenvalue weighted by atomic mass is 10.1. The van der Waals surface area contributed by atoms with Crippen LogP contribution in [0.2, 0.25) is 0 Å². The van der Waals surface area contributed by atoms with Crippen molar-refractivity contribution in [1.82, 2.24) is 4.90 Å². The van der Waals surface area contributed by atoms with Crippen molar-refractivity contribution < 1.29 is 32.4 Å². The first-order valence-electron chi connectivity index (χ1n) is 7.43. The molecule has 27 heavy (non-hydrogen) atoms. The van der Waals surface area contributed by atoms with Crippen molar-refractivity contribution in [2.75, 3.05) is 20.8 Å². The van der Waals surface area contributed by atoms with Crippen LogP contribution in [0.5, 0.6) is 11.5 Å². The van der Waals surface area contributed by atoms with Crippen LogP contribution >= 0.6 is 11.3 Å². The number of carbonyl (C=O) groups is 1. The molecule has 2 aromatic rings. The van der Waals surface area contributed by atoms with Gasteiger partial charge in [0, 0.05) is 12.6 Å². The number of nitrogens with zero attached hydrogens (tertiary/aromatic N) is 2. The van der Waals surface area contributed by atoms with Crippen LogP contribution in [0.3, 0.4) is 0 Å². The first-order chi connectivity index (χ1) is 12.7. The summed E-state index contributed by atoms with van der Waals surface area (Å²) in [5.74, 6) is -1.15. The molecule has 0 atom stereocenters. The van der Waals surface area contributed by atoms with E-state index in [2.05, 4.69) is 0 Å². The van der Waals surface area contributed by atoms with Crippen LogP contribution in [0.1, 0.15) is 15.9 Å². The van der Waals surface area contributed by atoms with Gasteiger partial charge >= 0.3 is 6.18 Å². The van der Waals surface area contributed by atoms with Gasteiger partial charge in [0.15, 0.2) is 11.5 Å².